The minimum atomic E-state index is -3.84. The van der Waals surface area contributed by atoms with Gasteiger partial charge in [0.1, 0.15) is 10.6 Å². The number of sulfonamides is 1. The fraction of sp³-hybridized carbons (Fsp3) is 0.417. The summed E-state index contributed by atoms with van der Waals surface area (Å²) >= 11 is 3.20. The van der Waals surface area contributed by atoms with Crippen LogP contribution in [0.3, 0.4) is 0 Å². The van der Waals surface area contributed by atoms with Crippen LogP contribution in [0.15, 0.2) is 27.6 Å². The highest BCUT2D eigenvalue weighted by atomic mass is 79.9. The predicted molar refractivity (Wildman–Crippen MR) is 72.9 cm³/mol. The lowest BCUT2D eigenvalue weighted by Crippen LogP contribution is -2.17. The Morgan fingerprint density at radius 3 is 2.68 bits per heavy atom. The molecular weight excluding hydrogens is 332 g/mol. The van der Waals surface area contributed by atoms with E-state index in [1.54, 1.807) is 12.1 Å². The van der Waals surface area contributed by atoms with E-state index in [1.165, 1.54) is 6.07 Å². The zero-order valence-electron chi connectivity index (χ0n) is 10.1. The summed E-state index contributed by atoms with van der Waals surface area (Å²) in [5.74, 6) is 0.231. The molecule has 1 aromatic carbocycles. The van der Waals surface area contributed by atoms with Crippen molar-refractivity contribution in [2.45, 2.75) is 24.2 Å². The summed E-state index contributed by atoms with van der Waals surface area (Å²) in [6.07, 6.45) is 2.29. The van der Waals surface area contributed by atoms with Crippen molar-refractivity contribution in [3.8, 4) is 11.8 Å². The van der Waals surface area contributed by atoms with Crippen LogP contribution < -0.4 is 9.88 Å². The van der Waals surface area contributed by atoms with Gasteiger partial charge < -0.3 is 4.74 Å². The van der Waals surface area contributed by atoms with Crippen LogP contribution in [-0.2, 0) is 10.0 Å². The highest BCUT2D eigenvalue weighted by Crippen LogP contribution is 2.49. The second-order valence-corrected chi connectivity index (χ2v) is 7.21. The monoisotopic (exact) mass is 344 g/mol. The van der Waals surface area contributed by atoms with Crippen LogP contribution >= 0.6 is 15.9 Å². The van der Waals surface area contributed by atoms with Crippen molar-refractivity contribution in [3.05, 3.63) is 22.7 Å². The number of nitriles is 1. The number of nitrogens with two attached hydrogens (primary N) is 1. The number of nitrogens with zero attached hydrogens (tertiary/aromatic N) is 1. The molecular formula is C12H13BrN2O3S. The topological polar surface area (TPSA) is 93.2 Å². The highest BCUT2D eigenvalue weighted by molar-refractivity contribution is 9.10. The Bertz CT molecular complexity index is 633. The van der Waals surface area contributed by atoms with Gasteiger partial charge in [-0.15, -0.1) is 0 Å². The minimum absolute atomic E-state index is 0.0466. The number of hydrogen-bond acceptors (Lipinski definition) is 4. The molecule has 1 fully saturated rings. The molecule has 2 N–H and O–H groups in total. The number of hydrogen-bond donors (Lipinski definition) is 1. The molecule has 0 heterocycles. The summed E-state index contributed by atoms with van der Waals surface area (Å²) in [5, 5.41) is 13.9. The molecule has 0 amide bonds. The molecule has 2 rings (SSSR count). The van der Waals surface area contributed by atoms with E-state index < -0.39 is 10.0 Å². The smallest absolute Gasteiger partial charge is 0.241 e. The van der Waals surface area contributed by atoms with Gasteiger partial charge >= 0.3 is 0 Å². The maximum atomic E-state index is 11.5. The number of primary sulfonamides is 1. The molecule has 0 unspecified atom stereocenters. The largest absolute Gasteiger partial charge is 0.492 e. The highest BCUT2D eigenvalue weighted by Gasteiger charge is 2.43. The molecule has 0 saturated heterocycles. The Morgan fingerprint density at radius 2 is 2.16 bits per heavy atom. The Labute approximate surface area is 120 Å². The van der Waals surface area contributed by atoms with Crippen LogP contribution in [0.1, 0.15) is 19.3 Å². The average Bonchev–Trinajstić information content (AvgIpc) is 3.07. The van der Waals surface area contributed by atoms with Gasteiger partial charge in [0.15, 0.2) is 0 Å². The van der Waals surface area contributed by atoms with Gasteiger partial charge in [0, 0.05) is 16.3 Å². The predicted octanol–water partition coefficient (Wildman–Crippen LogP) is 2.17. The van der Waals surface area contributed by atoms with Crippen LogP contribution in [0.25, 0.3) is 0 Å². The lowest BCUT2D eigenvalue weighted by Gasteiger charge is -2.15. The first-order chi connectivity index (χ1) is 8.86. The Hall–Kier alpha value is -1.10. The summed E-state index contributed by atoms with van der Waals surface area (Å²) in [7, 11) is -3.84. The first-order valence-corrected chi connectivity index (χ1v) is 8.02. The lowest BCUT2D eigenvalue weighted by atomic mass is 10.1. The van der Waals surface area contributed by atoms with Crippen LogP contribution in [0, 0.1) is 16.7 Å². The van der Waals surface area contributed by atoms with Crippen molar-refractivity contribution in [2.75, 3.05) is 6.61 Å². The molecule has 5 nitrogen and oxygen atoms in total. The molecule has 7 heteroatoms. The summed E-state index contributed by atoms with van der Waals surface area (Å²) in [6, 6.07) is 6.79. The third-order valence-electron chi connectivity index (χ3n) is 3.16. The van der Waals surface area contributed by atoms with Gasteiger partial charge in [-0.3, -0.25) is 0 Å². The van der Waals surface area contributed by atoms with Gasteiger partial charge in [-0.25, -0.2) is 13.6 Å². The standard InChI is InChI=1S/C12H13BrN2O3S/c13-9-1-2-10(11(7-9)19(15,16)17)18-8-12(3-4-12)5-6-14/h1-2,7H,3-5,8H2,(H2,15,16,17). The van der Waals surface area contributed by atoms with Crippen molar-refractivity contribution in [1.82, 2.24) is 0 Å². The minimum Gasteiger partial charge on any atom is -0.492 e. The zero-order valence-corrected chi connectivity index (χ0v) is 12.5. The lowest BCUT2D eigenvalue weighted by molar-refractivity contribution is 0.231. The average molecular weight is 345 g/mol. The molecule has 0 bridgehead atoms. The molecule has 102 valence electrons. The number of ether oxygens (including phenoxy) is 1. The van der Waals surface area contributed by atoms with Crippen molar-refractivity contribution in [2.24, 2.45) is 10.6 Å². The summed E-state index contributed by atoms with van der Waals surface area (Å²) in [5.41, 5.74) is -0.114. The summed E-state index contributed by atoms with van der Waals surface area (Å²) in [6.45, 7) is 0.338. The fourth-order valence-electron chi connectivity index (χ4n) is 1.77. The Kier molecular flexibility index (Phi) is 3.85. The van der Waals surface area contributed by atoms with Crippen LogP contribution in [-0.4, -0.2) is 15.0 Å². The van der Waals surface area contributed by atoms with E-state index in [2.05, 4.69) is 22.0 Å². The Balaban J connectivity index is 2.20. The van der Waals surface area contributed by atoms with Crippen LogP contribution in [0.4, 0.5) is 0 Å². The molecule has 0 aliphatic heterocycles. The third-order valence-corrected chi connectivity index (χ3v) is 4.58. The van der Waals surface area contributed by atoms with Gasteiger partial charge in [0.05, 0.1) is 12.7 Å². The van der Waals surface area contributed by atoms with Crippen LogP contribution in [0.2, 0.25) is 0 Å². The maximum Gasteiger partial charge on any atom is 0.241 e. The quantitative estimate of drug-likeness (QED) is 0.885. The molecule has 0 aromatic heterocycles. The molecule has 1 aromatic rings. The van der Waals surface area contributed by atoms with Crippen molar-refractivity contribution in [3.63, 3.8) is 0 Å². The number of halogens is 1. The van der Waals surface area contributed by atoms with E-state index in [9.17, 15) is 8.42 Å². The first-order valence-electron chi connectivity index (χ1n) is 5.68. The van der Waals surface area contributed by atoms with Gasteiger partial charge in [-0.1, -0.05) is 15.9 Å². The zero-order chi connectivity index (χ0) is 14.1. The van der Waals surface area contributed by atoms with E-state index in [-0.39, 0.29) is 16.1 Å². The van der Waals surface area contributed by atoms with Gasteiger partial charge in [0.2, 0.25) is 10.0 Å². The van der Waals surface area contributed by atoms with Gasteiger partial charge in [0.25, 0.3) is 0 Å². The molecule has 0 atom stereocenters. The van der Waals surface area contributed by atoms with E-state index in [1.807, 2.05) is 0 Å². The summed E-state index contributed by atoms with van der Waals surface area (Å²) < 4.78 is 29.2. The second-order valence-electron chi connectivity index (χ2n) is 4.76. The molecule has 19 heavy (non-hydrogen) atoms. The van der Waals surface area contributed by atoms with Gasteiger partial charge in [-0.2, -0.15) is 5.26 Å². The van der Waals surface area contributed by atoms with Crippen molar-refractivity contribution >= 4 is 26.0 Å². The van der Waals surface area contributed by atoms with E-state index >= 15 is 0 Å². The molecule has 0 spiro atoms. The Morgan fingerprint density at radius 1 is 1.47 bits per heavy atom. The van der Waals surface area contributed by atoms with E-state index in [4.69, 9.17) is 15.1 Å². The third kappa shape index (κ3) is 3.47. The van der Waals surface area contributed by atoms with Crippen molar-refractivity contribution in [1.29, 1.82) is 5.26 Å². The fourth-order valence-corrected chi connectivity index (χ4v) is 2.98. The maximum absolute atomic E-state index is 11.5. The van der Waals surface area contributed by atoms with Crippen LogP contribution in [0.5, 0.6) is 5.75 Å². The molecule has 1 aliphatic carbocycles. The number of benzene rings is 1. The first kappa shape index (κ1) is 14.3. The molecule has 1 saturated carbocycles. The van der Waals surface area contributed by atoms with Gasteiger partial charge in [-0.05, 0) is 31.0 Å². The molecule has 0 radical (unpaired) electrons. The van der Waals surface area contributed by atoms with Crippen molar-refractivity contribution < 1.29 is 13.2 Å². The van der Waals surface area contributed by atoms with E-state index in [0.29, 0.717) is 17.5 Å². The molecule has 1 aliphatic rings. The van der Waals surface area contributed by atoms with E-state index in [0.717, 1.165) is 12.8 Å². The normalized spacial score (nSPS) is 16.7. The SMILES string of the molecule is N#CCC1(COc2ccc(Br)cc2S(N)(=O)=O)CC1. The number of rotatable bonds is 5. The second kappa shape index (κ2) is 5.12. The summed E-state index contributed by atoms with van der Waals surface area (Å²) in [4.78, 5) is -0.0466.